The SMILES string of the molecule is NC(CC(=O)O)c1cncc(Cl)c1. The number of carbonyl (C=O) groups is 1. The number of aromatic nitrogens is 1. The van der Waals surface area contributed by atoms with Crippen molar-refractivity contribution in [3.05, 3.63) is 29.0 Å². The molecule has 1 atom stereocenters. The van der Waals surface area contributed by atoms with Gasteiger partial charge in [-0.15, -0.1) is 0 Å². The first kappa shape index (κ1) is 9.95. The largest absolute Gasteiger partial charge is 0.481 e. The molecule has 1 unspecified atom stereocenters. The molecule has 0 aliphatic rings. The van der Waals surface area contributed by atoms with E-state index in [2.05, 4.69) is 4.98 Å². The van der Waals surface area contributed by atoms with Gasteiger partial charge < -0.3 is 10.8 Å². The minimum absolute atomic E-state index is 0.123. The van der Waals surface area contributed by atoms with Crippen LogP contribution in [0.5, 0.6) is 0 Å². The molecular weight excluding hydrogens is 192 g/mol. The molecule has 13 heavy (non-hydrogen) atoms. The standard InChI is InChI=1S/C8H9ClN2O2/c9-6-1-5(3-11-4-6)7(10)2-8(12)13/h1,3-4,7H,2,10H2,(H,12,13). The molecule has 0 fully saturated rings. The van der Waals surface area contributed by atoms with E-state index >= 15 is 0 Å². The highest BCUT2D eigenvalue weighted by molar-refractivity contribution is 6.30. The first-order valence-electron chi connectivity index (χ1n) is 3.67. The Morgan fingerprint density at radius 1 is 1.69 bits per heavy atom. The van der Waals surface area contributed by atoms with Crippen LogP contribution in [0.25, 0.3) is 0 Å². The summed E-state index contributed by atoms with van der Waals surface area (Å²) in [4.78, 5) is 14.1. The second kappa shape index (κ2) is 4.20. The molecule has 1 rings (SSSR count). The normalized spacial score (nSPS) is 12.5. The smallest absolute Gasteiger partial charge is 0.305 e. The summed E-state index contributed by atoms with van der Waals surface area (Å²) in [6.45, 7) is 0. The van der Waals surface area contributed by atoms with Gasteiger partial charge in [0.25, 0.3) is 0 Å². The maximum atomic E-state index is 10.3. The monoisotopic (exact) mass is 200 g/mol. The fourth-order valence-electron chi connectivity index (χ4n) is 0.937. The maximum Gasteiger partial charge on any atom is 0.305 e. The highest BCUT2D eigenvalue weighted by atomic mass is 35.5. The summed E-state index contributed by atoms with van der Waals surface area (Å²) in [7, 11) is 0. The van der Waals surface area contributed by atoms with E-state index < -0.39 is 12.0 Å². The highest BCUT2D eigenvalue weighted by Crippen LogP contribution is 2.16. The van der Waals surface area contributed by atoms with Gasteiger partial charge in [-0.2, -0.15) is 0 Å². The van der Waals surface area contributed by atoms with Crippen LogP contribution in [0.3, 0.4) is 0 Å². The van der Waals surface area contributed by atoms with E-state index in [4.69, 9.17) is 22.4 Å². The number of nitrogens with zero attached hydrogens (tertiary/aromatic N) is 1. The molecule has 70 valence electrons. The van der Waals surface area contributed by atoms with Crippen molar-refractivity contribution in [3.63, 3.8) is 0 Å². The van der Waals surface area contributed by atoms with Crippen molar-refractivity contribution < 1.29 is 9.90 Å². The molecule has 0 spiro atoms. The Kier molecular flexibility index (Phi) is 3.22. The first-order chi connectivity index (χ1) is 6.09. The number of aliphatic carboxylic acids is 1. The van der Waals surface area contributed by atoms with Gasteiger partial charge in [0.1, 0.15) is 0 Å². The van der Waals surface area contributed by atoms with Gasteiger partial charge >= 0.3 is 5.97 Å². The molecule has 0 saturated carbocycles. The number of nitrogens with two attached hydrogens (primary N) is 1. The number of halogens is 1. The Hall–Kier alpha value is -1.13. The van der Waals surface area contributed by atoms with Crippen LogP contribution in [0.15, 0.2) is 18.5 Å². The van der Waals surface area contributed by atoms with E-state index in [1.807, 2.05) is 0 Å². The van der Waals surface area contributed by atoms with E-state index in [-0.39, 0.29) is 6.42 Å². The second-order valence-electron chi connectivity index (χ2n) is 2.64. The van der Waals surface area contributed by atoms with E-state index in [1.54, 1.807) is 6.07 Å². The van der Waals surface area contributed by atoms with Crippen LogP contribution in [0, 0.1) is 0 Å². The van der Waals surface area contributed by atoms with Gasteiger partial charge in [0, 0.05) is 18.4 Å². The Morgan fingerprint density at radius 3 is 2.92 bits per heavy atom. The van der Waals surface area contributed by atoms with Gasteiger partial charge in [0.05, 0.1) is 11.4 Å². The summed E-state index contributed by atoms with van der Waals surface area (Å²) >= 11 is 5.66. The number of carboxylic acids is 1. The topological polar surface area (TPSA) is 76.2 Å². The van der Waals surface area contributed by atoms with Gasteiger partial charge in [-0.3, -0.25) is 9.78 Å². The average molecular weight is 201 g/mol. The Labute approximate surface area is 80.3 Å². The molecule has 5 heteroatoms. The van der Waals surface area contributed by atoms with Crippen LogP contribution in [0.2, 0.25) is 5.02 Å². The van der Waals surface area contributed by atoms with Crippen molar-refractivity contribution in [2.24, 2.45) is 5.73 Å². The highest BCUT2D eigenvalue weighted by Gasteiger charge is 2.10. The fourth-order valence-corrected chi connectivity index (χ4v) is 1.12. The number of hydrogen-bond acceptors (Lipinski definition) is 3. The second-order valence-corrected chi connectivity index (χ2v) is 3.08. The molecule has 1 heterocycles. The third kappa shape index (κ3) is 3.01. The third-order valence-corrected chi connectivity index (χ3v) is 1.76. The predicted octanol–water partition coefficient (Wildman–Crippen LogP) is 1.21. The van der Waals surface area contributed by atoms with E-state index in [0.717, 1.165) is 0 Å². The Bertz CT molecular complexity index is 317. The van der Waals surface area contributed by atoms with Crippen molar-refractivity contribution in [3.8, 4) is 0 Å². The molecule has 0 radical (unpaired) electrons. The molecule has 0 aromatic carbocycles. The zero-order chi connectivity index (χ0) is 9.84. The number of hydrogen-bond donors (Lipinski definition) is 2. The Balaban J connectivity index is 2.76. The van der Waals surface area contributed by atoms with Gasteiger partial charge in [0.2, 0.25) is 0 Å². The van der Waals surface area contributed by atoms with E-state index in [0.29, 0.717) is 10.6 Å². The maximum absolute atomic E-state index is 10.3. The quantitative estimate of drug-likeness (QED) is 0.769. The minimum Gasteiger partial charge on any atom is -0.481 e. The van der Waals surface area contributed by atoms with Crippen LogP contribution in [-0.4, -0.2) is 16.1 Å². The van der Waals surface area contributed by atoms with Crippen molar-refractivity contribution in [2.75, 3.05) is 0 Å². The van der Waals surface area contributed by atoms with Gasteiger partial charge in [-0.05, 0) is 11.6 Å². The van der Waals surface area contributed by atoms with E-state index in [1.165, 1.54) is 12.4 Å². The summed E-state index contributed by atoms with van der Waals surface area (Å²) < 4.78 is 0. The molecule has 0 saturated heterocycles. The third-order valence-electron chi connectivity index (χ3n) is 1.55. The van der Waals surface area contributed by atoms with Crippen LogP contribution >= 0.6 is 11.6 Å². The Morgan fingerprint density at radius 2 is 2.38 bits per heavy atom. The summed E-state index contributed by atoms with van der Waals surface area (Å²) in [6.07, 6.45) is 2.86. The average Bonchev–Trinajstić information content (AvgIpc) is 2.03. The zero-order valence-corrected chi connectivity index (χ0v) is 7.53. The molecule has 1 aromatic heterocycles. The predicted molar refractivity (Wildman–Crippen MR) is 48.4 cm³/mol. The summed E-state index contributed by atoms with van der Waals surface area (Å²) in [5, 5.41) is 8.94. The lowest BCUT2D eigenvalue weighted by atomic mass is 10.1. The number of pyridine rings is 1. The summed E-state index contributed by atoms with van der Waals surface area (Å²) in [5.74, 6) is -0.938. The van der Waals surface area contributed by atoms with Gasteiger partial charge in [-0.25, -0.2) is 0 Å². The van der Waals surface area contributed by atoms with Gasteiger partial charge in [0.15, 0.2) is 0 Å². The molecule has 3 N–H and O–H groups in total. The van der Waals surface area contributed by atoms with E-state index in [9.17, 15) is 4.79 Å². The number of rotatable bonds is 3. The lowest BCUT2D eigenvalue weighted by molar-refractivity contribution is -0.137. The minimum atomic E-state index is -0.938. The summed E-state index contributed by atoms with van der Waals surface area (Å²) in [5.41, 5.74) is 6.22. The molecule has 0 aliphatic carbocycles. The van der Waals surface area contributed by atoms with Crippen LogP contribution < -0.4 is 5.73 Å². The first-order valence-corrected chi connectivity index (χ1v) is 4.05. The molecular formula is C8H9ClN2O2. The van der Waals surface area contributed by atoms with Crippen molar-refractivity contribution in [1.82, 2.24) is 4.98 Å². The molecule has 0 amide bonds. The fraction of sp³-hybridized carbons (Fsp3) is 0.250. The molecule has 0 aliphatic heterocycles. The molecule has 4 nitrogen and oxygen atoms in total. The summed E-state index contributed by atoms with van der Waals surface area (Å²) in [6, 6.07) is 1.06. The van der Waals surface area contributed by atoms with Crippen LogP contribution in [-0.2, 0) is 4.79 Å². The molecule has 0 bridgehead atoms. The van der Waals surface area contributed by atoms with Crippen molar-refractivity contribution >= 4 is 17.6 Å². The van der Waals surface area contributed by atoms with Crippen LogP contribution in [0.1, 0.15) is 18.0 Å². The lowest BCUT2D eigenvalue weighted by Gasteiger charge is -2.08. The molecule has 1 aromatic rings. The lowest BCUT2D eigenvalue weighted by Crippen LogP contribution is -2.15. The van der Waals surface area contributed by atoms with Crippen molar-refractivity contribution in [2.45, 2.75) is 12.5 Å². The van der Waals surface area contributed by atoms with Gasteiger partial charge in [-0.1, -0.05) is 11.6 Å². The van der Waals surface area contributed by atoms with Crippen LogP contribution in [0.4, 0.5) is 0 Å². The zero-order valence-electron chi connectivity index (χ0n) is 6.77. The van der Waals surface area contributed by atoms with Crippen molar-refractivity contribution in [1.29, 1.82) is 0 Å². The number of carboxylic acid groups (broad SMARTS) is 1.